The Morgan fingerprint density at radius 3 is 2.95 bits per heavy atom. The molecule has 0 aliphatic carbocycles. The maximum atomic E-state index is 9.67. The zero-order chi connectivity index (χ0) is 14.4. The quantitative estimate of drug-likeness (QED) is 0.802. The molecule has 1 aromatic carbocycles. The number of unbranched alkanes of at least 4 members (excludes halogenated alkanes) is 1. The minimum atomic E-state index is 0.357. The number of aromatic hydroxyl groups is 1. The summed E-state index contributed by atoms with van der Waals surface area (Å²) in [7, 11) is 0. The minimum Gasteiger partial charge on any atom is -0.508 e. The molecule has 1 aliphatic rings. The van der Waals surface area contributed by atoms with Crippen LogP contribution >= 0.6 is 0 Å². The highest BCUT2D eigenvalue weighted by Gasteiger charge is 2.22. The molecule has 20 heavy (non-hydrogen) atoms. The molecule has 1 aromatic rings. The number of hydrogen-bond donors (Lipinski definition) is 2. The van der Waals surface area contributed by atoms with E-state index < -0.39 is 0 Å². The van der Waals surface area contributed by atoms with Crippen molar-refractivity contribution in [1.29, 1.82) is 0 Å². The van der Waals surface area contributed by atoms with Gasteiger partial charge in [-0.2, -0.15) is 0 Å². The van der Waals surface area contributed by atoms with Crippen LogP contribution in [0.25, 0.3) is 0 Å². The zero-order valence-electron chi connectivity index (χ0n) is 12.8. The Hall–Kier alpha value is -1.06. The fourth-order valence-electron chi connectivity index (χ4n) is 3.00. The summed E-state index contributed by atoms with van der Waals surface area (Å²) in [6, 6.07) is 8.68. The number of hydrogen-bond acceptors (Lipinski definition) is 3. The van der Waals surface area contributed by atoms with Crippen LogP contribution in [0, 0.1) is 0 Å². The largest absolute Gasteiger partial charge is 0.508 e. The molecule has 1 aliphatic heterocycles. The normalized spacial score (nSPS) is 20.4. The van der Waals surface area contributed by atoms with E-state index in [4.69, 9.17) is 0 Å². The van der Waals surface area contributed by atoms with Crippen molar-refractivity contribution in [2.45, 2.75) is 51.6 Å². The summed E-state index contributed by atoms with van der Waals surface area (Å²) in [4.78, 5) is 2.56. The van der Waals surface area contributed by atoms with E-state index in [1.54, 1.807) is 6.07 Å². The average molecular weight is 276 g/mol. The second-order valence-electron chi connectivity index (χ2n) is 5.91. The predicted molar refractivity (Wildman–Crippen MR) is 84.0 cm³/mol. The lowest BCUT2D eigenvalue weighted by Crippen LogP contribution is -2.39. The average Bonchev–Trinajstić information content (AvgIpc) is 2.95. The van der Waals surface area contributed by atoms with Gasteiger partial charge in [-0.25, -0.2) is 0 Å². The Bertz CT molecular complexity index is 402. The van der Waals surface area contributed by atoms with Gasteiger partial charge >= 0.3 is 0 Å². The van der Waals surface area contributed by atoms with E-state index >= 15 is 0 Å². The molecule has 0 radical (unpaired) electrons. The number of phenols is 1. The smallest absolute Gasteiger partial charge is 0.115 e. The standard InChI is InChI=1S/C17H28N2O/c1-3-4-11-19(13-16-8-6-10-18-16)14(2)15-7-5-9-17(20)12-15/h5,7,9,12,14,16,18,20H,3-4,6,8,10-11,13H2,1-2H3. The molecule has 2 atom stereocenters. The molecule has 3 heteroatoms. The Balaban J connectivity index is 2.03. The van der Waals surface area contributed by atoms with Crippen LogP contribution in [0.15, 0.2) is 24.3 Å². The van der Waals surface area contributed by atoms with Crippen LogP contribution in [0.2, 0.25) is 0 Å². The highest BCUT2D eigenvalue weighted by atomic mass is 16.3. The van der Waals surface area contributed by atoms with Crippen LogP contribution < -0.4 is 5.32 Å². The molecule has 0 aromatic heterocycles. The van der Waals surface area contributed by atoms with E-state index in [2.05, 4.69) is 30.1 Å². The summed E-state index contributed by atoms with van der Waals surface area (Å²) in [5.74, 6) is 0.365. The van der Waals surface area contributed by atoms with Gasteiger partial charge in [0.25, 0.3) is 0 Å². The van der Waals surface area contributed by atoms with Crippen molar-refractivity contribution in [1.82, 2.24) is 10.2 Å². The summed E-state index contributed by atoms with van der Waals surface area (Å²) in [6.45, 7) is 7.89. The summed E-state index contributed by atoms with van der Waals surface area (Å²) in [6.07, 6.45) is 5.04. The van der Waals surface area contributed by atoms with Gasteiger partial charge in [0.2, 0.25) is 0 Å². The molecule has 2 rings (SSSR count). The predicted octanol–water partition coefficient (Wildman–Crippen LogP) is 3.31. The lowest BCUT2D eigenvalue weighted by molar-refractivity contribution is 0.189. The summed E-state index contributed by atoms with van der Waals surface area (Å²) < 4.78 is 0. The highest BCUT2D eigenvalue weighted by Crippen LogP contribution is 2.24. The third kappa shape index (κ3) is 4.22. The Morgan fingerprint density at radius 2 is 2.30 bits per heavy atom. The number of benzene rings is 1. The van der Waals surface area contributed by atoms with E-state index in [-0.39, 0.29) is 0 Å². The Labute approximate surface area is 123 Å². The molecule has 1 saturated heterocycles. The Kier molecular flexibility index (Phi) is 5.86. The van der Waals surface area contributed by atoms with Gasteiger partial charge in [0.15, 0.2) is 0 Å². The zero-order valence-corrected chi connectivity index (χ0v) is 12.8. The summed E-state index contributed by atoms with van der Waals surface area (Å²) in [5.41, 5.74) is 1.21. The molecule has 2 unspecified atom stereocenters. The molecule has 1 fully saturated rings. The van der Waals surface area contributed by atoms with Gasteiger partial charge in [-0.05, 0) is 57.0 Å². The lowest BCUT2D eigenvalue weighted by Gasteiger charge is -2.32. The van der Waals surface area contributed by atoms with Crippen molar-refractivity contribution < 1.29 is 5.11 Å². The Morgan fingerprint density at radius 1 is 1.45 bits per heavy atom. The van der Waals surface area contributed by atoms with E-state index in [1.165, 1.54) is 31.2 Å². The molecule has 2 N–H and O–H groups in total. The summed E-state index contributed by atoms with van der Waals surface area (Å²) >= 11 is 0. The van der Waals surface area contributed by atoms with Gasteiger partial charge in [-0.15, -0.1) is 0 Å². The fourth-order valence-corrected chi connectivity index (χ4v) is 3.00. The van der Waals surface area contributed by atoms with Crippen molar-refractivity contribution in [3.05, 3.63) is 29.8 Å². The third-order valence-electron chi connectivity index (χ3n) is 4.32. The topological polar surface area (TPSA) is 35.5 Å². The van der Waals surface area contributed by atoms with E-state index in [0.717, 1.165) is 19.6 Å². The lowest BCUT2D eigenvalue weighted by atomic mass is 10.0. The van der Waals surface area contributed by atoms with Crippen LogP contribution in [-0.2, 0) is 0 Å². The molecule has 3 nitrogen and oxygen atoms in total. The first kappa shape index (κ1) is 15.3. The van der Waals surface area contributed by atoms with Crippen molar-refractivity contribution in [2.75, 3.05) is 19.6 Å². The number of phenolic OH excluding ortho intramolecular Hbond substituents is 1. The van der Waals surface area contributed by atoms with Crippen LogP contribution in [-0.4, -0.2) is 35.7 Å². The van der Waals surface area contributed by atoms with Crippen LogP contribution in [0.5, 0.6) is 5.75 Å². The fraction of sp³-hybridized carbons (Fsp3) is 0.647. The second kappa shape index (κ2) is 7.65. The molecular formula is C17H28N2O. The maximum Gasteiger partial charge on any atom is 0.115 e. The van der Waals surface area contributed by atoms with Crippen LogP contribution in [0.4, 0.5) is 0 Å². The molecule has 1 heterocycles. The van der Waals surface area contributed by atoms with E-state index in [9.17, 15) is 5.11 Å². The van der Waals surface area contributed by atoms with E-state index in [1.807, 2.05) is 12.1 Å². The van der Waals surface area contributed by atoms with Crippen LogP contribution in [0.3, 0.4) is 0 Å². The van der Waals surface area contributed by atoms with Crippen LogP contribution in [0.1, 0.15) is 51.1 Å². The third-order valence-corrected chi connectivity index (χ3v) is 4.32. The number of nitrogens with zero attached hydrogens (tertiary/aromatic N) is 1. The molecule has 112 valence electrons. The monoisotopic (exact) mass is 276 g/mol. The van der Waals surface area contributed by atoms with Gasteiger partial charge < -0.3 is 10.4 Å². The van der Waals surface area contributed by atoms with Gasteiger partial charge in [-0.3, -0.25) is 4.90 Å². The summed E-state index contributed by atoms with van der Waals surface area (Å²) in [5, 5.41) is 13.3. The first-order valence-electron chi connectivity index (χ1n) is 7.97. The van der Waals surface area contributed by atoms with E-state index in [0.29, 0.717) is 17.8 Å². The van der Waals surface area contributed by atoms with Crippen molar-refractivity contribution in [3.8, 4) is 5.75 Å². The molecule has 0 spiro atoms. The molecule has 0 bridgehead atoms. The minimum absolute atomic E-state index is 0.357. The highest BCUT2D eigenvalue weighted by molar-refractivity contribution is 5.29. The van der Waals surface area contributed by atoms with Crippen molar-refractivity contribution in [3.63, 3.8) is 0 Å². The van der Waals surface area contributed by atoms with Gasteiger partial charge in [-0.1, -0.05) is 25.5 Å². The van der Waals surface area contributed by atoms with Gasteiger partial charge in [0.1, 0.15) is 5.75 Å². The van der Waals surface area contributed by atoms with Gasteiger partial charge in [0, 0.05) is 18.6 Å². The molecule has 0 saturated carbocycles. The first-order valence-corrected chi connectivity index (χ1v) is 7.97. The molecule has 0 amide bonds. The number of nitrogens with one attached hydrogen (secondary N) is 1. The van der Waals surface area contributed by atoms with Crippen molar-refractivity contribution in [2.24, 2.45) is 0 Å². The molecular weight excluding hydrogens is 248 g/mol. The van der Waals surface area contributed by atoms with Crippen molar-refractivity contribution >= 4 is 0 Å². The SMILES string of the molecule is CCCCN(CC1CCCN1)C(C)c1cccc(O)c1. The number of rotatable bonds is 7. The van der Waals surface area contributed by atoms with Gasteiger partial charge in [0.05, 0.1) is 0 Å². The second-order valence-corrected chi connectivity index (χ2v) is 5.91. The first-order chi connectivity index (χ1) is 9.70. The maximum absolute atomic E-state index is 9.67.